The van der Waals surface area contributed by atoms with Gasteiger partial charge in [-0.3, -0.25) is 9.20 Å². The summed E-state index contributed by atoms with van der Waals surface area (Å²) in [6.45, 7) is 0. The molecular weight excluding hydrogens is 220 g/mol. The Morgan fingerprint density at radius 1 is 1.58 bits per heavy atom. The van der Waals surface area contributed by atoms with Crippen LogP contribution in [0.3, 0.4) is 0 Å². The van der Waals surface area contributed by atoms with Gasteiger partial charge in [-0.25, -0.2) is 4.98 Å². The largest absolute Gasteiger partial charge is 0.297 e. The summed E-state index contributed by atoms with van der Waals surface area (Å²) in [7, 11) is 0. The van der Waals surface area contributed by atoms with Crippen LogP contribution in [0.1, 0.15) is 10.5 Å². The molecule has 2 aromatic heterocycles. The average Bonchev–Trinajstić information content (AvgIpc) is 2.46. The normalized spacial score (nSPS) is 10.4. The van der Waals surface area contributed by atoms with Crippen molar-refractivity contribution >= 4 is 27.9 Å². The van der Waals surface area contributed by atoms with E-state index in [4.69, 9.17) is 0 Å². The molecule has 0 N–H and O–H groups in total. The summed E-state index contributed by atoms with van der Waals surface area (Å²) in [6.07, 6.45) is 4.14. The molecule has 2 heterocycles. The lowest BCUT2D eigenvalue weighted by Gasteiger charge is -1.94. The van der Waals surface area contributed by atoms with Crippen molar-refractivity contribution in [2.45, 2.75) is 0 Å². The molecular formula is C8H5BrN2O. The maximum absolute atomic E-state index is 10.5. The molecule has 0 aliphatic heterocycles. The second kappa shape index (κ2) is 2.71. The number of hydrogen-bond donors (Lipinski definition) is 0. The van der Waals surface area contributed by atoms with Gasteiger partial charge < -0.3 is 0 Å². The van der Waals surface area contributed by atoms with Crippen molar-refractivity contribution in [1.29, 1.82) is 0 Å². The second-order valence-electron chi connectivity index (χ2n) is 2.37. The number of pyridine rings is 1. The first-order valence-corrected chi connectivity index (χ1v) is 4.18. The maximum Gasteiger partial charge on any atom is 0.168 e. The fourth-order valence-corrected chi connectivity index (χ4v) is 1.39. The first-order valence-electron chi connectivity index (χ1n) is 3.39. The number of hydrogen-bond acceptors (Lipinski definition) is 2. The third-order valence-corrected chi connectivity index (χ3v) is 2.12. The molecule has 0 aromatic carbocycles. The number of halogens is 1. The van der Waals surface area contributed by atoms with Crippen LogP contribution in [0.2, 0.25) is 0 Å². The summed E-state index contributed by atoms with van der Waals surface area (Å²) in [5.74, 6) is 0. The van der Waals surface area contributed by atoms with Gasteiger partial charge in [0, 0.05) is 10.7 Å². The topological polar surface area (TPSA) is 34.4 Å². The standard InChI is InChI=1S/C8H5BrN2O/c9-6-1-2-11-7(5-12)4-10-8(11)3-6/h1-5H. The van der Waals surface area contributed by atoms with Gasteiger partial charge in [-0.2, -0.15) is 0 Å². The van der Waals surface area contributed by atoms with Crippen molar-refractivity contribution in [2.24, 2.45) is 0 Å². The predicted molar refractivity (Wildman–Crippen MR) is 48.3 cm³/mol. The Morgan fingerprint density at radius 3 is 3.17 bits per heavy atom. The van der Waals surface area contributed by atoms with Crippen LogP contribution in [0.15, 0.2) is 29.0 Å². The fourth-order valence-electron chi connectivity index (χ4n) is 1.06. The number of aldehydes is 1. The van der Waals surface area contributed by atoms with Crippen LogP contribution in [0.4, 0.5) is 0 Å². The zero-order valence-corrected chi connectivity index (χ0v) is 7.65. The first kappa shape index (κ1) is 7.49. The van der Waals surface area contributed by atoms with E-state index < -0.39 is 0 Å². The van der Waals surface area contributed by atoms with E-state index in [9.17, 15) is 4.79 Å². The molecule has 2 aromatic rings. The number of aromatic nitrogens is 2. The minimum Gasteiger partial charge on any atom is -0.297 e. The highest BCUT2D eigenvalue weighted by Crippen LogP contribution is 2.12. The van der Waals surface area contributed by atoms with Crippen LogP contribution < -0.4 is 0 Å². The van der Waals surface area contributed by atoms with Gasteiger partial charge >= 0.3 is 0 Å². The molecule has 0 unspecified atom stereocenters. The van der Waals surface area contributed by atoms with E-state index in [-0.39, 0.29) is 0 Å². The Hall–Kier alpha value is -1.16. The number of nitrogens with zero attached hydrogens (tertiary/aromatic N) is 2. The van der Waals surface area contributed by atoms with Gasteiger partial charge in [-0.15, -0.1) is 0 Å². The Morgan fingerprint density at radius 2 is 2.42 bits per heavy atom. The van der Waals surface area contributed by atoms with Gasteiger partial charge in [-0.05, 0) is 12.1 Å². The highest BCUT2D eigenvalue weighted by atomic mass is 79.9. The monoisotopic (exact) mass is 224 g/mol. The van der Waals surface area contributed by atoms with Crippen LogP contribution >= 0.6 is 15.9 Å². The molecule has 0 amide bonds. The molecule has 0 radical (unpaired) electrons. The molecule has 0 bridgehead atoms. The van der Waals surface area contributed by atoms with Crippen LogP contribution in [0.5, 0.6) is 0 Å². The molecule has 0 aliphatic carbocycles. The summed E-state index contributed by atoms with van der Waals surface area (Å²) >= 11 is 3.32. The highest BCUT2D eigenvalue weighted by molar-refractivity contribution is 9.10. The number of carbonyl (C=O) groups is 1. The van der Waals surface area contributed by atoms with Crippen LogP contribution in [0.25, 0.3) is 5.65 Å². The Labute approximate surface area is 77.2 Å². The van der Waals surface area contributed by atoms with E-state index >= 15 is 0 Å². The summed E-state index contributed by atoms with van der Waals surface area (Å²) < 4.78 is 2.69. The van der Waals surface area contributed by atoms with Gasteiger partial charge in [0.25, 0.3) is 0 Å². The molecule has 0 saturated heterocycles. The molecule has 12 heavy (non-hydrogen) atoms. The third-order valence-electron chi connectivity index (χ3n) is 1.62. The molecule has 4 heteroatoms. The highest BCUT2D eigenvalue weighted by Gasteiger charge is 2.00. The van der Waals surface area contributed by atoms with Crippen molar-refractivity contribution in [3.8, 4) is 0 Å². The van der Waals surface area contributed by atoms with Gasteiger partial charge in [0.2, 0.25) is 0 Å². The number of carbonyl (C=O) groups excluding carboxylic acids is 1. The molecule has 60 valence electrons. The SMILES string of the molecule is O=Cc1cnc2cc(Br)ccn12. The Balaban J connectivity index is 2.81. The smallest absolute Gasteiger partial charge is 0.168 e. The summed E-state index contributed by atoms with van der Waals surface area (Å²) in [5, 5.41) is 0. The summed E-state index contributed by atoms with van der Waals surface area (Å²) in [5.41, 5.74) is 1.34. The number of fused-ring (bicyclic) bond motifs is 1. The number of imidazole rings is 1. The quantitative estimate of drug-likeness (QED) is 0.694. The van der Waals surface area contributed by atoms with E-state index in [1.165, 1.54) is 0 Å². The van der Waals surface area contributed by atoms with Gasteiger partial charge in [0.05, 0.1) is 6.20 Å². The van der Waals surface area contributed by atoms with Crippen LogP contribution in [-0.4, -0.2) is 15.7 Å². The maximum atomic E-state index is 10.5. The molecule has 0 fully saturated rings. The third kappa shape index (κ3) is 1.04. The van der Waals surface area contributed by atoms with Gasteiger partial charge in [0.1, 0.15) is 11.3 Å². The molecule has 2 rings (SSSR count). The van der Waals surface area contributed by atoms with Crippen molar-refractivity contribution in [2.75, 3.05) is 0 Å². The average molecular weight is 225 g/mol. The van der Waals surface area contributed by atoms with Crippen molar-refractivity contribution in [3.63, 3.8) is 0 Å². The van der Waals surface area contributed by atoms with E-state index in [1.54, 1.807) is 16.8 Å². The van der Waals surface area contributed by atoms with Gasteiger partial charge in [0.15, 0.2) is 6.29 Å². The summed E-state index contributed by atoms with van der Waals surface area (Å²) in [6, 6.07) is 3.72. The Bertz CT molecular complexity index is 436. The Kier molecular flexibility index (Phi) is 1.69. The lowest BCUT2D eigenvalue weighted by atomic mass is 10.4. The van der Waals surface area contributed by atoms with Crippen LogP contribution in [0, 0.1) is 0 Å². The van der Waals surface area contributed by atoms with E-state index in [2.05, 4.69) is 20.9 Å². The zero-order chi connectivity index (χ0) is 8.55. The fraction of sp³-hybridized carbons (Fsp3) is 0. The molecule has 0 saturated carbocycles. The lowest BCUT2D eigenvalue weighted by Crippen LogP contribution is -1.88. The molecule has 3 nitrogen and oxygen atoms in total. The molecule has 0 atom stereocenters. The van der Waals surface area contributed by atoms with E-state index in [1.807, 2.05) is 12.1 Å². The van der Waals surface area contributed by atoms with Gasteiger partial charge in [-0.1, -0.05) is 15.9 Å². The van der Waals surface area contributed by atoms with Crippen molar-refractivity contribution in [3.05, 3.63) is 34.7 Å². The minimum atomic E-state index is 0.567. The molecule has 0 spiro atoms. The zero-order valence-electron chi connectivity index (χ0n) is 6.07. The molecule has 0 aliphatic rings. The lowest BCUT2D eigenvalue weighted by molar-refractivity contribution is 0.111. The summed E-state index contributed by atoms with van der Waals surface area (Å²) in [4.78, 5) is 14.5. The van der Waals surface area contributed by atoms with E-state index in [0.29, 0.717) is 5.69 Å². The van der Waals surface area contributed by atoms with Crippen molar-refractivity contribution in [1.82, 2.24) is 9.38 Å². The van der Waals surface area contributed by atoms with Crippen molar-refractivity contribution < 1.29 is 4.79 Å². The number of rotatable bonds is 1. The van der Waals surface area contributed by atoms with Crippen LogP contribution in [-0.2, 0) is 0 Å². The first-order chi connectivity index (χ1) is 5.81. The predicted octanol–water partition coefficient (Wildman–Crippen LogP) is 1.91. The van der Waals surface area contributed by atoms with E-state index in [0.717, 1.165) is 16.4 Å². The minimum absolute atomic E-state index is 0.567. The second-order valence-corrected chi connectivity index (χ2v) is 3.29.